The van der Waals surface area contributed by atoms with E-state index in [0.29, 0.717) is 10.8 Å². The second-order valence-corrected chi connectivity index (χ2v) is 6.73. The van der Waals surface area contributed by atoms with Gasteiger partial charge < -0.3 is 9.47 Å². The summed E-state index contributed by atoms with van der Waals surface area (Å²) in [5.74, 6) is 0. The lowest BCUT2D eigenvalue weighted by Gasteiger charge is -2.47. The summed E-state index contributed by atoms with van der Waals surface area (Å²) in [4.78, 5) is 0. The minimum absolute atomic E-state index is 0.0180. The Kier molecular flexibility index (Phi) is 2.47. The van der Waals surface area contributed by atoms with Crippen LogP contribution in [-0.4, -0.2) is 19.5 Å². The van der Waals surface area contributed by atoms with Crippen LogP contribution < -0.4 is 0 Å². The largest absolute Gasteiger partial charge is 0.350 e. The zero-order chi connectivity index (χ0) is 12.1. The Morgan fingerprint density at radius 1 is 1.06 bits per heavy atom. The predicted molar refractivity (Wildman–Crippen MR) is 67.6 cm³/mol. The van der Waals surface area contributed by atoms with Crippen LogP contribution in [0.15, 0.2) is 12.2 Å². The van der Waals surface area contributed by atoms with Crippen molar-refractivity contribution >= 4 is 0 Å². The van der Waals surface area contributed by atoms with Gasteiger partial charge in [0, 0.05) is 6.42 Å². The highest BCUT2D eigenvalue weighted by Crippen LogP contribution is 2.68. The minimum Gasteiger partial charge on any atom is -0.350 e. The van der Waals surface area contributed by atoms with Crippen LogP contribution >= 0.6 is 0 Å². The molecule has 2 nitrogen and oxygen atoms in total. The van der Waals surface area contributed by atoms with Gasteiger partial charge in [-0.25, -0.2) is 0 Å². The van der Waals surface area contributed by atoms with Crippen molar-refractivity contribution in [1.29, 1.82) is 0 Å². The summed E-state index contributed by atoms with van der Waals surface area (Å²) in [6.45, 7) is 8.81. The first kappa shape index (κ1) is 11.7. The Labute approximate surface area is 104 Å². The average molecular weight is 236 g/mol. The van der Waals surface area contributed by atoms with Gasteiger partial charge in [0.1, 0.15) is 0 Å². The third-order valence-corrected chi connectivity index (χ3v) is 5.99. The van der Waals surface area contributed by atoms with E-state index in [2.05, 4.69) is 32.9 Å². The molecule has 3 atom stereocenters. The molecule has 3 aliphatic rings. The molecule has 2 fully saturated rings. The van der Waals surface area contributed by atoms with Crippen LogP contribution in [0.5, 0.6) is 0 Å². The number of hydrogen-bond acceptors (Lipinski definition) is 2. The zero-order valence-electron chi connectivity index (χ0n) is 11.3. The number of allylic oxidation sites excluding steroid dienone is 2. The monoisotopic (exact) mass is 236 g/mol. The van der Waals surface area contributed by atoms with Gasteiger partial charge in [0.15, 0.2) is 6.29 Å². The van der Waals surface area contributed by atoms with Crippen LogP contribution in [0.3, 0.4) is 0 Å². The molecule has 0 aromatic rings. The molecule has 96 valence electrons. The molecule has 0 aromatic carbocycles. The van der Waals surface area contributed by atoms with Gasteiger partial charge in [0.2, 0.25) is 0 Å². The second-order valence-electron chi connectivity index (χ2n) is 6.73. The van der Waals surface area contributed by atoms with E-state index in [1.807, 2.05) is 0 Å². The van der Waals surface area contributed by atoms with E-state index >= 15 is 0 Å². The molecule has 2 heteroatoms. The SMILES string of the molecule is C[C@]12CCC[C@@]1(C)C=C[C@@]2(C)CC1OCCO1. The highest BCUT2D eigenvalue weighted by atomic mass is 16.7. The fourth-order valence-corrected chi connectivity index (χ4v) is 4.29. The van der Waals surface area contributed by atoms with Crippen molar-refractivity contribution in [3.63, 3.8) is 0 Å². The standard InChI is InChI=1S/C15H24O2/c1-13-5-4-6-15(13,3)14(2,8-7-13)11-12-16-9-10-17-12/h7-8,12H,4-6,9-11H2,1-3H3/t13-,14-,15-/m0/s1. The Bertz CT molecular complexity index is 345. The molecule has 3 rings (SSSR count). The van der Waals surface area contributed by atoms with Crippen LogP contribution in [0.4, 0.5) is 0 Å². The van der Waals surface area contributed by atoms with Crippen LogP contribution in [-0.2, 0) is 9.47 Å². The van der Waals surface area contributed by atoms with Gasteiger partial charge in [-0.1, -0.05) is 39.3 Å². The van der Waals surface area contributed by atoms with Crippen LogP contribution in [0.25, 0.3) is 0 Å². The average Bonchev–Trinajstić information content (AvgIpc) is 2.90. The van der Waals surface area contributed by atoms with Gasteiger partial charge in [-0.15, -0.1) is 0 Å². The molecule has 0 bridgehead atoms. The smallest absolute Gasteiger partial charge is 0.158 e. The molecule has 0 amide bonds. The first-order chi connectivity index (χ1) is 7.99. The Balaban J connectivity index is 1.85. The summed E-state index contributed by atoms with van der Waals surface area (Å²) in [5.41, 5.74) is 1.00. The lowest BCUT2D eigenvalue weighted by Crippen LogP contribution is -2.41. The van der Waals surface area contributed by atoms with Gasteiger partial charge in [0.25, 0.3) is 0 Å². The minimum atomic E-state index is 0.0180. The highest BCUT2D eigenvalue weighted by molar-refractivity contribution is 5.26. The van der Waals surface area contributed by atoms with E-state index in [1.165, 1.54) is 19.3 Å². The van der Waals surface area contributed by atoms with E-state index in [9.17, 15) is 0 Å². The Hall–Kier alpha value is -0.340. The normalized spacial score (nSPS) is 50.1. The van der Waals surface area contributed by atoms with Gasteiger partial charge in [-0.2, -0.15) is 0 Å². The van der Waals surface area contributed by atoms with Crippen LogP contribution in [0.2, 0.25) is 0 Å². The molecule has 0 N–H and O–H groups in total. The molecule has 0 radical (unpaired) electrons. The van der Waals surface area contributed by atoms with E-state index in [0.717, 1.165) is 19.6 Å². The van der Waals surface area contributed by atoms with Crippen molar-refractivity contribution in [2.75, 3.05) is 13.2 Å². The fourth-order valence-electron chi connectivity index (χ4n) is 4.29. The lowest BCUT2D eigenvalue weighted by molar-refractivity contribution is -0.0896. The molecule has 1 saturated heterocycles. The third kappa shape index (κ3) is 1.47. The van der Waals surface area contributed by atoms with Crippen molar-refractivity contribution in [1.82, 2.24) is 0 Å². The highest BCUT2D eigenvalue weighted by Gasteiger charge is 2.60. The number of fused-ring (bicyclic) bond motifs is 1. The molecule has 1 aliphatic heterocycles. The molecule has 17 heavy (non-hydrogen) atoms. The lowest BCUT2D eigenvalue weighted by atomic mass is 9.58. The molecular weight excluding hydrogens is 212 g/mol. The number of rotatable bonds is 2. The Morgan fingerprint density at radius 2 is 1.76 bits per heavy atom. The van der Waals surface area contributed by atoms with Gasteiger partial charge in [-0.3, -0.25) is 0 Å². The first-order valence-corrected chi connectivity index (χ1v) is 6.93. The van der Waals surface area contributed by atoms with Gasteiger partial charge >= 0.3 is 0 Å². The van der Waals surface area contributed by atoms with Gasteiger partial charge in [-0.05, 0) is 29.1 Å². The summed E-state index contributed by atoms with van der Waals surface area (Å²) in [7, 11) is 0. The maximum absolute atomic E-state index is 5.65. The first-order valence-electron chi connectivity index (χ1n) is 6.93. The van der Waals surface area contributed by atoms with Gasteiger partial charge in [0.05, 0.1) is 13.2 Å². The van der Waals surface area contributed by atoms with Crippen molar-refractivity contribution in [2.45, 2.75) is 52.7 Å². The summed E-state index contributed by atoms with van der Waals surface area (Å²) in [6, 6.07) is 0. The van der Waals surface area contributed by atoms with Crippen LogP contribution in [0, 0.1) is 16.2 Å². The molecule has 2 aliphatic carbocycles. The Morgan fingerprint density at radius 3 is 2.47 bits per heavy atom. The topological polar surface area (TPSA) is 18.5 Å². The van der Waals surface area contributed by atoms with Crippen LogP contribution in [0.1, 0.15) is 46.5 Å². The second kappa shape index (κ2) is 3.58. The molecule has 0 aromatic heterocycles. The summed E-state index contributed by atoms with van der Waals surface area (Å²) >= 11 is 0. The maximum atomic E-state index is 5.65. The summed E-state index contributed by atoms with van der Waals surface area (Å²) in [6.07, 6.45) is 9.97. The predicted octanol–water partition coefficient (Wildman–Crippen LogP) is 3.52. The summed E-state index contributed by atoms with van der Waals surface area (Å²) < 4.78 is 11.3. The maximum Gasteiger partial charge on any atom is 0.158 e. The van der Waals surface area contributed by atoms with E-state index in [1.54, 1.807) is 0 Å². The molecule has 0 unspecified atom stereocenters. The van der Waals surface area contributed by atoms with Crippen molar-refractivity contribution < 1.29 is 9.47 Å². The number of ether oxygens (including phenoxy) is 2. The molecule has 1 saturated carbocycles. The fraction of sp³-hybridized carbons (Fsp3) is 0.867. The third-order valence-electron chi connectivity index (χ3n) is 5.99. The molecular formula is C15H24O2. The zero-order valence-corrected chi connectivity index (χ0v) is 11.3. The van der Waals surface area contributed by atoms with E-state index in [-0.39, 0.29) is 11.7 Å². The van der Waals surface area contributed by atoms with E-state index < -0.39 is 0 Å². The molecule has 0 spiro atoms. The van der Waals surface area contributed by atoms with Crippen molar-refractivity contribution in [2.24, 2.45) is 16.2 Å². The summed E-state index contributed by atoms with van der Waals surface area (Å²) in [5, 5.41) is 0. The quantitative estimate of drug-likeness (QED) is 0.683. The molecule has 1 heterocycles. The van der Waals surface area contributed by atoms with E-state index in [4.69, 9.17) is 9.47 Å². The number of hydrogen-bond donors (Lipinski definition) is 0. The van der Waals surface area contributed by atoms with Crippen molar-refractivity contribution in [3.8, 4) is 0 Å². The van der Waals surface area contributed by atoms with Crippen molar-refractivity contribution in [3.05, 3.63) is 12.2 Å².